The standard InChI is InChI=1S/C18H11ClN4O3S/c19-11-5-7-13(15(9-11)23(24)25)16-8-6-12(26-16)10-20-22-18-21-14-3-1-2-4-17(14)27-18/h1-10H,(H,21,22)/b20-10-. The van der Waals surface area contributed by atoms with Gasteiger partial charge in [0.05, 0.1) is 26.9 Å². The van der Waals surface area contributed by atoms with Crippen molar-refractivity contribution < 1.29 is 9.34 Å². The molecule has 0 aliphatic heterocycles. The number of nitro benzene ring substituents is 1. The van der Waals surface area contributed by atoms with E-state index in [1.54, 1.807) is 24.3 Å². The van der Waals surface area contributed by atoms with Gasteiger partial charge >= 0.3 is 0 Å². The first-order valence-electron chi connectivity index (χ1n) is 7.79. The van der Waals surface area contributed by atoms with Crippen LogP contribution in [0.15, 0.2) is 64.1 Å². The predicted octanol–water partition coefficient (Wildman–Crippen LogP) is 5.56. The fourth-order valence-electron chi connectivity index (χ4n) is 2.50. The van der Waals surface area contributed by atoms with E-state index in [9.17, 15) is 10.1 Å². The molecule has 2 aromatic heterocycles. The maximum absolute atomic E-state index is 11.2. The summed E-state index contributed by atoms with van der Waals surface area (Å²) in [4.78, 5) is 15.1. The zero-order valence-electron chi connectivity index (χ0n) is 13.6. The molecule has 0 saturated heterocycles. The Morgan fingerprint density at radius 1 is 1.22 bits per heavy atom. The minimum atomic E-state index is -0.494. The summed E-state index contributed by atoms with van der Waals surface area (Å²) < 4.78 is 6.70. The smallest absolute Gasteiger partial charge is 0.281 e. The lowest BCUT2D eigenvalue weighted by atomic mass is 10.1. The van der Waals surface area contributed by atoms with Gasteiger partial charge in [0.1, 0.15) is 11.5 Å². The van der Waals surface area contributed by atoms with Gasteiger partial charge in [0.25, 0.3) is 5.69 Å². The Balaban J connectivity index is 1.53. The molecule has 7 nitrogen and oxygen atoms in total. The minimum absolute atomic E-state index is 0.118. The minimum Gasteiger partial charge on any atom is -0.455 e. The molecule has 0 saturated carbocycles. The van der Waals surface area contributed by atoms with Crippen LogP contribution in [0, 0.1) is 10.1 Å². The first kappa shape index (κ1) is 17.2. The topological polar surface area (TPSA) is 93.6 Å². The molecule has 27 heavy (non-hydrogen) atoms. The van der Waals surface area contributed by atoms with Gasteiger partial charge < -0.3 is 4.42 Å². The van der Waals surface area contributed by atoms with Gasteiger partial charge in [-0.15, -0.1) is 0 Å². The number of anilines is 1. The van der Waals surface area contributed by atoms with Crippen molar-refractivity contribution in [3.05, 3.63) is 75.5 Å². The molecule has 4 aromatic rings. The number of hydrazone groups is 1. The Hall–Kier alpha value is -3.23. The van der Waals surface area contributed by atoms with Gasteiger partial charge in [0.2, 0.25) is 5.13 Å². The summed E-state index contributed by atoms with van der Waals surface area (Å²) in [5.74, 6) is 0.808. The summed E-state index contributed by atoms with van der Waals surface area (Å²) in [6, 6.07) is 15.5. The molecule has 134 valence electrons. The number of thiazole rings is 1. The number of fused-ring (bicyclic) bond motifs is 1. The molecule has 2 aromatic carbocycles. The lowest BCUT2D eigenvalue weighted by molar-refractivity contribution is -0.384. The number of rotatable bonds is 5. The van der Waals surface area contributed by atoms with Crippen molar-refractivity contribution in [1.29, 1.82) is 0 Å². The van der Waals surface area contributed by atoms with Gasteiger partial charge in [0, 0.05) is 11.1 Å². The number of benzene rings is 2. The third-order valence-electron chi connectivity index (χ3n) is 3.69. The summed E-state index contributed by atoms with van der Waals surface area (Å²) in [6.45, 7) is 0. The molecule has 2 heterocycles. The van der Waals surface area contributed by atoms with E-state index < -0.39 is 4.92 Å². The lowest BCUT2D eigenvalue weighted by Crippen LogP contribution is -1.91. The zero-order chi connectivity index (χ0) is 18.8. The largest absolute Gasteiger partial charge is 0.455 e. The van der Waals surface area contributed by atoms with Crippen molar-refractivity contribution in [3.63, 3.8) is 0 Å². The number of nitro groups is 1. The summed E-state index contributed by atoms with van der Waals surface area (Å²) in [5, 5.41) is 16.3. The van der Waals surface area contributed by atoms with Crippen LogP contribution in [0.25, 0.3) is 21.5 Å². The normalized spacial score (nSPS) is 11.3. The van der Waals surface area contributed by atoms with Crippen molar-refractivity contribution in [1.82, 2.24) is 4.98 Å². The number of para-hydroxylation sites is 1. The molecule has 0 aliphatic carbocycles. The highest BCUT2D eigenvalue weighted by atomic mass is 35.5. The molecule has 0 aliphatic rings. The fourth-order valence-corrected chi connectivity index (χ4v) is 3.48. The Bertz CT molecular complexity index is 1140. The van der Waals surface area contributed by atoms with E-state index in [4.69, 9.17) is 16.0 Å². The molecule has 0 amide bonds. The van der Waals surface area contributed by atoms with Gasteiger partial charge in [-0.1, -0.05) is 35.1 Å². The first-order valence-corrected chi connectivity index (χ1v) is 8.98. The average Bonchev–Trinajstić information content (AvgIpc) is 3.28. The van der Waals surface area contributed by atoms with Gasteiger partial charge in [-0.3, -0.25) is 15.5 Å². The van der Waals surface area contributed by atoms with E-state index in [-0.39, 0.29) is 5.69 Å². The molecule has 0 bridgehead atoms. The maximum Gasteiger partial charge on any atom is 0.281 e. The molecule has 1 N–H and O–H groups in total. The van der Waals surface area contributed by atoms with E-state index in [0.29, 0.717) is 27.2 Å². The highest BCUT2D eigenvalue weighted by molar-refractivity contribution is 7.22. The Morgan fingerprint density at radius 2 is 2.07 bits per heavy atom. The molecule has 0 radical (unpaired) electrons. The second kappa shape index (κ2) is 7.18. The first-order chi connectivity index (χ1) is 13.1. The van der Waals surface area contributed by atoms with Crippen LogP contribution in [-0.4, -0.2) is 16.1 Å². The van der Waals surface area contributed by atoms with Crippen molar-refractivity contribution >= 4 is 50.2 Å². The second-order valence-electron chi connectivity index (χ2n) is 5.48. The third kappa shape index (κ3) is 3.67. The number of nitrogens with one attached hydrogen (secondary N) is 1. The SMILES string of the molecule is O=[N+]([O-])c1cc(Cl)ccc1-c1ccc(/C=N\Nc2nc3ccccc3s2)o1. The van der Waals surface area contributed by atoms with Crippen molar-refractivity contribution in [2.24, 2.45) is 5.10 Å². The third-order valence-corrected chi connectivity index (χ3v) is 4.87. The van der Waals surface area contributed by atoms with Crippen LogP contribution in [0.1, 0.15) is 5.76 Å². The molecular formula is C18H11ClN4O3S. The summed E-state index contributed by atoms with van der Waals surface area (Å²) in [6.07, 6.45) is 1.48. The number of nitrogens with zero attached hydrogens (tertiary/aromatic N) is 3. The van der Waals surface area contributed by atoms with Crippen LogP contribution in [-0.2, 0) is 0 Å². The fraction of sp³-hybridized carbons (Fsp3) is 0. The van der Waals surface area contributed by atoms with Crippen LogP contribution in [0.4, 0.5) is 10.8 Å². The van der Waals surface area contributed by atoms with Crippen LogP contribution >= 0.6 is 22.9 Å². The molecule has 0 spiro atoms. The quantitative estimate of drug-likeness (QED) is 0.269. The van der Waals surface area contributed by atoms with Gasteiger partial charge in [-0.2, -0.15) is 5.10 Å². The highest BCUT2D eigenvalue weighted by Gasteiger charge is 2.18. The van der Waals surface area contributed by atoms with Gasteiger partial charge in [-0.05, 0) is 36.4 Å². The molecular weight excluding hydrogens is 388 g/mol. The monoisotopic (exact) mass is 398 g/mol. The molecule has 0 atom stereocenters. The van der Waals surface area contributed by atoms with Crippen LogP contribution < -0.4 is 5.43 Å². The molecule has 9 heteroatoms. The van der Waals surface area contributed by atoms with E-state index in [2.05, 4.69) is 15.5 Å². The Labute approximate surface area is 162 Å². The summed E-state index contributed by atoms with van der Waals surface area (Å²) >= 11 is 7.33. The van der Waals surface area contributed by atoms with E-state index in [1.807, 2.05) is 24.3 Å². The maximum atomic E-state index is 11.2. The zero-order valence-corrected chi connectivity index (χ0v) is 15.2. The van der Waals surface area contributed by atoms with Crippen molar-refractivity contribution in [2.45, 2.75) is 0 Å². The van der Waals surface area contributed by atoms with Crippen LogP contribution in [0.5, 0.6) is 0 Å². The number of halogens is 1. The second-order valence-corrected chi connectivity index (χ2v) is 6.94. The number of hydrogen-bond donors (Lipinski definition) is 1. The molecule has 4 rings (SSSR count). The van der Waals surface area contributed by atoms with Crippen molar-refractivity contribution in [2.75, 3.05) is 5.43 Å². The van der Waals surface area contributed by atoms with Crippen LogP contribution in [0.2, 0.25) is 5.02 Å². The number of furan rings is 1. The van der Waals surface area contributed by atoms with Gasteiger partial charge in [0.15, 0.2) is 0 Å². The predicted molar refractivity (Wildman–Crippen MR) is 107 cm³/mol. The van der Waals surface area contributed by atoms with E-state index >= 15 is 0 Å². The van der Waals surface area contributed by atoms with Crippen LogP contribution in [0.3, 0.4) is 0 Å². The Kier molecular flexibility index (Phi) is 4.57. The Morgan fingerprint density at radius 3 is 2.89 bits per heavy atom. The van der Waals surface area contributed by atoms with Crippen molar-refractivity contribution in [3.8, 4) is 11.3 Å². The summed E-state index contributed by atoms with van der Waals surface area (Å²) in [7, 11) is 0. The highest BCUT2D eigenvalue weighted by Crippen LogP contribution is 2.33. The average molecular weight is 399 g/mol. The van der Waals surface area contributed by atoms with Gasteiger partial charge in [-0.25, -0.2) is 4.98 Å². The van der Waals surface area contributed by atoms with E-state index in [1.165, 1.54) is 23.6 Å². The summed E-state index contributed by atoms with van der Waals surface area (Å²) in [5.41, 5.74) is 3.99. The number of hydrogen-bond acceptors (Lipinski definition) is 7. The molecule has 0 unspecified atom stereocenters. The lowest BCUT2D eigenvalue weighted by Gasteiger charge is -2.00. The molecule has 0 fully saturated rings. The number of aromatic nitrogens is 1. The van der Waals surface area contributed by atoms with E-state index in [0.717, 1.165) is 10.2 Å².